The minimum atomic E-state index is -0.837. The summed E-state index contributed by atoms with van der Waals surface area (Å²) < 4.78 is 5.29. The van der Waals surface area contributed by atoms with Gasteiger partial charge in [-0.25, -0.2) is 0 Å². The van der Waals surface area contributed by atoms with Gasteiger partial charge in [0.05, 0.1) is 7.11 Å². The van der Waals surface area contributed by atoms with Gasteiger partial charge in [-0.3, -0.25) is 4.79 Å². The van der Waals surface area contributed by atoms with E-state index in [0.717, 1.165) is 22.8 Å². The Morgan fingerprint density at radius 3 is 2.75 bits per heavy atom. The van der Waals surface area contributed by atoms with Crippen LogP contribution < -0.4 is 10.1 Å². The molecule has 0 saturated carbocycles. The molecule has 1 atom stereocenters. The molecule has 0 heterocycles. The first-order chi connectivity index (χ1) is 9.53. The van der Waals surface area contributed by atoms with Crippen LogP contribution >= 0.6 is 11.8 Å². The molecule has 0 saturated heterocycles. The Bertz CT molecular complexity index is 439. The lowest BCUT2D eigenvalue weighted by Crippen LogP contribution is -2.49. The highest BCUT2D eigenvalue weighted by Crippen LogP contribution is 2.29. The standard InChI is InChI=1S/C15H23NO3S/c1-4-16-15(2,14(17)18)10-7-11-20-13-9-6-5-8-12(13)19-3/h5-6,8-9,16H,4,7,10-11H2,1-3H3,(H,17,18). The van der Waals surface area contributed by atoms with Crippen molar-refractivity contribution in [2.45, 2.75) is 37.1 Å². The molecule has 0 aliphatic rings. The first kappa shape index (κ1) is 16.9. The van der Waals surface area contributed by atoms with E-state index in [2.05, 4.69) is 5.32 Å². The maximum absolute atomic E-state index is 11.3. The molecule has 20 heavy (non-hydrogen) atoms. The van der Waals surface area contributed by atoms with E-state index in [9.17, 15) is 9.90 Å². The predicted molar refractivity (Wildman–Crippen MR) is 82.7 cm³/mol. The van der Waals surface area contributed by atoms with Crippen LogP contribution in [0.15, 0.2) is 29.2 Å². The number of hydrogen-bond acceptors (Lipinski definition) is 4. The molecular weight excluding hydrogens is 274 g/mol. The van der Waals surface area contributed by atoms with Crippen molar-refractivity contribution in [2.75, 3.05) is 19.4 Å². The summed E-state index contributed by atoms with van der Waals surface area (Å²) >= 11 is 1.70. The van der Waals surface area contributed by atoms with Crippen LogP contribution in [0, 0.1) is 0 Å². The number of benzene rings is 1. The molecule has 1 aromatic carbocycles. The topological polar surface area (TPSA) is 58.6 Å². The van der Waals surface area contributed by atoms with E-state index in [0.29, 0.717) is 13.0 Å². The van der Waals surface area contributed by atoms with Gasteiger partial charge in [-0.05, 0) is 44.2 Å². The largest absolute Gasteiger partial charge is 0.496 e. The number of hydrogen-bond donors (Lipinski definition) is 2. The fraction of sp³-hybridized carbons (Fsp3) is 0.533. The normalized spacial score (nSPS) is 13.8. The van der Waals surface area contributed by atoms with Crippen molar-refractivity contribution >= 4 is 17.7 Å². The number of carboxylic acids is 1. The molecule has 1 aromatic rings. The summed E-state index contributed by atoms with van der Waals surface area (Å²) in [6.07, 6.45) is 1.44. The molecule has 0 aliphatic carbocycles. The number of thioether (sulfide) groups is 1. The van der Waals surface area contributed by atoms with E-state index in [1.54, 1.807) is 25.8 Å². The minimum absolute atomic E-state index is 0.609. The average molecular weight is 297 g/mol. The third-order valence-electron chi connectivity index (χ3n) is 3.19. The van der Waals surface area contributed by atoms with Gasteiger partial charge in [-0.2, -0.15) is 0 Å². The maximum atomic E-state index is 11.3. The molecule has 0 amide bonds. The van der Waals surface area contributed by atoms with Gasteiger partial charge in [0.25, 0.3) is 0 Å². The van der Waals surface area contributed by atoms with Crippen molar-refractivity contribution < 1.29 is 14.6 Å². The highest BCUT2D eigenvalue weighted by molar-refractivity contribution is 7.99. The van der Waals surface area contributed by atoms with Crippen molar-refractivity contribution in [3.05, 3.63) is 24.3 Å². The summed E-state index contributed by atoms with van der Waals surface area (Å²) in [6.45, 7) is 4.32. The van der Waals surface area contributed by atoms with E-state index in [1.807, 2.05) is 31.2 Å². The van der Waals surface area contributed by atoms with Crippen LogP contribution in [0.4, 0.5) is 0 Å². The van der Waals surface area contributed by atoms with Crippen LogP contribution in [0.1, 0.15) is 26.7 Å². The Morgan fingerprint density at radius 2 is 2.15 bits per heavy atom. The number of methoxy groups -OCH3 is 1. The monoisotopic (exact) mass is 297 g/mol. The quantitative estimate of drug-likeness (QED) is 0.542. The predicted octanol–water partition coefficient (Wildman–Crippen LogP) is 3.02. The second-order valence-electron chi connectivity index (χ2n) is 4.77. The Hall–Kier alpha value is -1.20. The molecule has 0 fully saturated rings. The highest BCUT2D eigenvalue weighted by atomic mass is 32.2. The number of likely N-dealkylation sites (N-methyl/N-ethyl adjacent to an activating group) is 1. The molecule has 0 radical (unpaired) electrons. The molecule has 0 spiro atoms. The molecule has 2 N–H and O–H groups in total. The Labute approximate surface area is 124 Å². The molecule has 0 aromatic heterocycles. The first-order valence-electron chi connectivity index (χ1n) is 6.77. The van der Waals surface area contributed by atoms with Crippen LogP contribution in [0.25, 0.3) is 0 Å². The summed E-state index contributed by atoms with van der Waals surface area (Å²) in [7, 11) is 1.66. The lowest BCUT2D eigenvalue weighted by molar-refractivity contribution is -0.144. The van der Waals surface area contributed by atoms with Crippen LogP contribution in [0.5, 0.6) is 5.75 Å². The average Bonchev–Trinajstić information content (AvgIpc) is 2.44. The van der Waals surface area contributed by atoms with Crippen molar-refractivity contribution in [1.29, 1.82) is 0 Å². The van der Waals surface area contributed by atoms with Crippen LogP contribution in [0.2, 0.25) is 0 Å². The Balaban J connectivity index is 2.46. The second kappa shape index (κ2) is 8.17. The Morgan fingerprint density at radius 1 is 1.45 bits per heavy atom. The minimum Gasteiger partial charge on any atom is -0.496 e. The smallest absolute Gasteiger partial charge is 0.323 e. The van der Waals surface area contributed by atoms with Crippen molar-refractivity contribution in [2.24, 2.45) is 0 Å². The molecule has 112 valence electrons. The van der Waals surface area contributed by atoms with Crippen LogP contribution in [0.3, 0.4) is 0 Å². The van der Waals surface area contributed by atoms with Gasteiger partial charge in [0.15, 0.2) is 0 Å². The number of nitrogens with one attached hydrogen (secondary N) is 1. The van der Waals surface area contributed by atoms with E-state index in [1.165, 1.54) is 0 Å². The van der Waals surface area contributed by atoms with Gasteiger partial charge >= 0.3 is 5.97 Å². The lowest BCUT2D eigenvalue weighted by Gasteiger charge is -2.25. The molecule has 4 nitrogen and oxygen atoms in total. The number of ether oxygens (including phenoxy) is 1. The summed E-state index contributed by atoms with van der Waals surface area (Å²) in [6, 6.07) is 7.87. The van der Waals surface area contributed by atoms with E-state index in [4.69, 9.17) is 4.74 Å². The van der Waals surface area contributed by atoms with Gasteiger partial charge in [0.1, 0.15) is 11.3 Å². The van der Waals surface area contributed by atoms with Crippen molar-refractivity contribution in [3.8, 4) is 5.75 Å². The van der Waals surface area contributed by atoms with Gasteiger partial charge in [-0.1, -0.05) is 19.1 Å². The molecule has 1 unspecified atom stereocenters. The highest BCUT2D eigenvalue weighted by Gasteiger charge is 2.31. The summed E-state index contributed by atoms with van der Waals surface area (Å²) in [5.41, 5.74) is -0.837. The molecule has 0 bridgehead atoms. The number of carboxylic acid groups (broad SMARTS) is 1. The van der Waals surface area contributed by atoms with Crippen molar-refractivity contribution in [3.63, 3.8) is 0 Å². The Kier molecular flexibility index (Phi) is 6.88. The summed E-state index contributed by atoms with van der Waals surface area (Å²) in [5.74, 6) is 0.945. The summed E-state index contributed by atoms with van der Waals surface area (Å²) in [4.78, 5) is 12.4. The summed E-state index contributed by atoms with van der Waals surface area (Å²) in [5, 5.41) is 12.3. The lowest BCUT2D eigenvalue weighted by atomic mass is 9.96. The van der Waals surface area contributed by atoms with Crippen LogP contribution in [-0.2, 0) is 4.79 Å². The maximum Gasteiger partial charge on any atom is 0.323 e. The molecule has 1 rings (SSSR count). The number of rotatable bonds is 9. The number of para-hydroxylation sites is 1. The van der Waals surface area contributed by atoms with Crippen LogP contribution in [-0.4, -0.2) is 36.0 Å². The first-order valence-corrected chi connectivity index (χ1v) is 7.76. The third kappa shape index (κ3) is 4.72. The fourth-order valence-electron chi connectivity index (χ4n) is 2.01. The second-order valence-corrected chi connectivity index (χ2v) is 5.91. The number of carbonyl (C=O) groups is 1. The third-order valence-corrected chi connectivity index (χ3v) is 4.33. The van der Waals surface area contributed by atoms with E-state index in [-0.39, 0.29) is 0 Å². The molecular formula is C15H23NO3S. The van der Waals surface area contributed by atoms with E-state index < -0.39 is 11.5 Å². The number of aliphatic carboxylic acids is 1. The van der Waals surface area contributed by atoms with Gasteiger partial charge in [-0.15, -0.1) is 11.8 Å². The van der Waals surface area contributed by atoms with Gasteiger partial charge in [0.2, 0.25) is 0 Å². The SMILES string of the molecule is CCNC(C)(CCCSc1ccccc1OC)C(=O)O. The zero-order valence-electron chi connectivity index (χ0n) is 12.3. The molecule has 5 heteroatoms. The zero-order chi connectivity index (χ0) is 15.0. The van der Waals surface area contributed by atoms with Gasteiger partial charge in [0, 0.05) is 4.90 Å². The molecule has 0 aliphatic heterocycles. The van der Waals surface area contributed by atoms with Crippen molar-refractivity contribution in [1.82, 2.24) is 5.32 Å². The van der Waals surface area contributed by atoms with Gasteiger partial charge < -0.3 is 15.2 Å². The van der Waals surface area contributed by atoms with E-state index >= 15 is 0 Å². The fourth-order valence-corrected chi connectivity index (χ4v) is 2.98. The zero-order valence-corrected chi connectivity index (χ0v) is 13.1.